The predicted octanol–water partition coefficient (Wildman–Crippen LogP) is 3.97. The fourth-order valence-electron chi connectivity index (χ4n) is 2.10. The lowest BCUT2D eigenvalue weighted by atomic mass is 9.87. The molecule has 3 N–H and O–H groups in total. The van der Waals surface area contributed by atoms with Crippen LogP contribution in [-0.4, -0.2) is 12.0 Å². The van der Waals surface area contributed by atoms with Gasteiger partial charge in [0.25, 0.3) is 5.91 Å². The number of nitrogens with two attached hydrogens (primary N) is 1. The second kappa shape index (κ2) is 6.73. The van der Waals surface area contributed by atoms with Crippen molar-refractivity contribution in [3.63, 3.8) is 0 Å². The van der Waals surface area contributed by atoms with Gasteiger partial charge in [0.2, 0.25) is 0 Å². The largest absolute Gasteiger partial charge is 0.481 e. The molecule has 4 heteroatoms. The summed E-state index contributed by atoms with van der Waals surface area (Å²) >= 11 is 0. The van der Waals surface area contributed by atoms with E-state index in [0.29, 0.717) is 17.1 Å². The molecule has 23 heavy (non-hydrogen) atoms. The molecule has 4 nitrogen and oxygen atoms in total. The second-order valence-corrected chi connectivity index (χ2v) is 6.65. The monoisotopic (exact) mass is 312 g/mol. The van der Waals surface area contributed by atoms with Crippen LogP contribution in [0.15, 0.2) is 48.5 Å². The van der Waals surface area contributed by atoms with E-state index in [0.717, 1.165) is 0 Å². The quantitative estimate of drug-likeness (QED) is 0.840. The minimum atomic E-state index is -0.590. The third-order valence-electron chi connectivity index (χ3n) is 3.58. The normalized spacial score (nSPS) is 12.5. The highest BCUT2D eigenvalue weighted by molar-refractivity contribution is 5.94. The molecule has 122 valence electrons. The van der Waals surface area contributed by atoms with Gasteiger partial charge in [-0.1, -0.05) is 32.9 Å². The summed E-state index contributed by atoms with van der Waals surface area (Å²) in [5, 5.41) is 2.81. The first-order valence-corrected chi connectivity index (χ1v) is 7.69. The molecule has 0 aliphatic carbocycles. The SMILES string of the molecule is C[C@@H](Oc1ccc(C(C)(C)C)cc1)C(=O)Nc1ccc(N)cc1. The van der Waals surface area contributed by atoms with Crippen molar-refractivity contribution < 1.29 is 9.53 Å². The molecule has 0 saturated carbocycles. The van der Waals surface area contributed by atoms with E-state index >= 15 is 0 Å². The number of hydrogen-bond acceptors (Lipinski definition) is 3. The third kappa shape index (κ3) is 4.74. The Hall–Kier alpha value is -2.49. The average Bonchev–Trinajstić information content (AvgIpc) is 2.49. The number of carbonyl (C=O) groups excluding carboxylic acids is 1. The molecule has 2 aromatic rings. The van der Waals surface area contributed by atoms with Crippen molar-refractivity contribution in [3.05, 3.63) is 54.1 Å². The van der Waals surface area contributed by atoms with Crippen molar-refractivity contribution in [2.24, 2.45) is 0 Å². The predicted molar refractivity (Wildman–Crippen MR) is 94.7 cm³/mol. The van der Waals surface area contributed by atoms with Crippen LogP contribution in [0.4, 0.5) is 11.4 Å². The maximum absolute atomic E-state index is 12.2. The van der Waals surface area contributed by atoms with Crippen LogP contribution >= 0.6 is 0 Å². The van der Waals surface area contributed by atoms with E-state index in [1.54, 1.807) is 31.2 Å². The van der Waals surface area contributed by atoms with Gasteiger partial charge in [0, 0.05) is 11.4 Å². The molecule has 0 heterocycles. The van der Waals surface area contributed by atoms with Gasteiger partial charge in [-0.25, -0.2) is 0 Å². The van der Waals surface area contributed by atoms with E-state index in [-0.39, 0.29) is 11.3 Å². The molecule has 0 aliphatic heterocycles. The smallest absolute Gasteiger partial charge is 0.265 e. The van der Waals surface area contributed by atoms with Gasteiger partial charge in [-0.15, -0.1) is 0 Å². The fourth-order valence-corrected chi connectivity index (χ4v) is 2.10. The summed E-state index contributed by atoms with van der Waals surface area (Å²) < 4.78 is 5.70. The van der Waals surface area contributed by atoms with E-state index in [1.165, 1.54) is 5.56 Å². The summed E-state index contributed by atoms with van der Waals surface area (Å²) in [4.78, 5) is 12.2. The van der Waals surface area contributed by atoms with Crippen molar-refractivity contribution in [1.29, 1.82) is 0 Å². The van der Waals surface area contributed by atoms with E-state index < -0.39 is 6.10 Å². The number of rotatable bonds is 4. The van der Waals surface area contributed by atoms with E-state index in [4.69, 9.17) is 10.5 Å². The van der Waals surface area contributed by atoms with Crippen LogP contribution in [0, 0.1) is 0 Å². The van der Waals surface area contributed by atoms with Crippen molar-refractivity contribution >= 4 is 17.3 Å². The Labute approximate surface area is 137 Å². The lowest BCUT2D eigenvalue weighted by Crippen LogP contribution is -2.30. The van der Waals surface area contributed by atoms with E-state index in [2.05, 4.69) is 26.1 Å². The maximum atomic E-state index is 12.2. The summed E-state index contributed by atoms with van der Waals surface area (Å²) in [7, 11) is 0. The summed E-state index contributed by atoms with van der Waals surface area (Å²) in [6.45, 7) is 8.20. The number of ether oxygens (including phenoxy) is 1. The van der Waals surface area contributed by atoms with Crippen molar-refractivity contribution in [3.8, 4) is 5.75 Å². The molecule has 1 atom stereocenters. The Morgan fingerprint density at radius 3 is 2.13 bits per heavy atom. The zero-order valence-corrected chi connectivity index (χ0v) is 14.1. The molecular weight excluding hydrogens is 288 g/mol. The Morgan fingerprint density at radius 1 is 1.04 bits per heavy atom. The summed E-state index contributed by atoms with van der Waals surface area (Å²) in [5.41, 5.74) is 8.30. The van der Waals surface area contributed by atoms with Crippen molar-refractivity contribution in [2.75, 3.05) is 11.1 Å². The Morgan fingerprint density at radius 2 is 1.61 bits per heavy atom. The molecule has 1 amide bonds. The number of hydrogen-bond donors (Lipinski definition) is 2. The van der Waals surface area contributed by atoms with Gasteiger partial charge >= 0.3 is 0 Å². The molecular formula is C19H24N2O2. The van der Waals surface area contributed by atoms with Crippen LogP contribution in [0.5, 0.6) is 5.75 Å². The number of nitrogens with one attached hydrogen (secondary N) is 1. The first-order chi connectivity index (χ1) is 10.8. The number of amides is 1. The van der Waals surface area contributed by atoms with E-state index in [1.807, 2.05) is 24.3 Å². The van der Waals surface area contributed by atoms with Crippen molar-refractivity contribution in [2.45, 2.75) is 39.2 Å². The standard InChI is InChI=1S/C19H24N2O2/c1-13(18(22)21-16-9-7-15(20)8-10-16)23-17-11-5-14(6-12-17)19(2,3)4/h5-13H,20H2,1-4H3,(H,21,22)/t13-/m1/s1. The van der Waals surface area contributed by atoms with Crippen LogP contribution in [0.2, 0.25) is 0 Å². The zero-order valence-electron chi connectivity index (χ0n) is 14.1. The third-order valence-corrected chi connectivity index (χ3v) is 3.58. The first kappa shape index (κ1) is 16.9. The van der Waals surface area contributed by atoms with Crippen LogP contribution < -0.4 is 15.8 Å². The van der Waals surface area contributed by atoms with Gasteiger partial charge in [-0.05, 0) is 54.3 Å². The highest BCUT2D eigenvalue weighted by Gasteiger charge is 2.16. The Balaban J connectivity index is 1.96. The van der Waals surface area contributed by atoms with Crippen LogP contribution in [0.1, 0.15) is 33.3 Å². The molecule has 0 aliphatic rings. The highest BCUT2D eigenvalue weighted by Crippen LogP contribution is 2.24. The van der Waals surface area contributed by atoms with Gasteiger partial charge in [-0.3, -0.25) is 4.79 Å². The molecule has 0 fully saturated rings. The molecule has 0 bridgehead atoms. The molecule has 2 rings (SSSR count). The summed E-state index contributed by atoms with van der Waals surface area (Å²) in [6.07, 6.45) is -0.590. The minimum Gasteiger partial charge on any atom is -0.481 e. The first-order valence-electron chi connectivity index (χ1n) is 7.69. The lowest BCUT2D eigenvalue weighted by Gasteiger charge is -2.20. The average molecular weight is 312 g/mol. The molecule has 0 unspecified atom stereocenters. The maximum Gasteiger partial charge on any atom is 0.265 e. The topological polar surface area (TPSA) is 64.3 Å². The van der Waals surface area contributed by atoms with E-state index in [9.17, 15) is 4.79 Å². The molecule has 0 aromatic heterocycles. The van der Waals surface area contributed by atoms with Gasteiger partial charge < -0.3 is 15.8 Å². The molecule has 0 saturated heterocycles. The van der Waals surface area contributed by atoms with Crippen molar-refractivity contribution in [1.82, 2.24) is 0 Å². The van der Waals surface area contributed by atoms with Gasteiger partial charge in [0.15, 0.2) is 6.10 Å². The number of benzene rings is 2. The Kier molecular flexibility index (Phi) is 4.94. The lowest BCUT2D eigenvalue weighted by molar-refractivity contribution is -0.122. The molecule has 0 spiro atoms. The Bertz CT molecular complexity index is 655. The molecule has 2 aromatic carbocycles. The van der Waals surface area contributed by atoms with Crippen LogP contribution in [0.3, 0.4) is 0 Å². The van der Waals surface area contributed by atoms with Crippen LogP contribution in [-0.2, 0) is 10.2 Å². The van der Waals surface area contributed by atoms with Crippen LogP contribution in [0.25, 0.3) is 0 Å². The fraction of sp³-hybridized carbons (Fsp3) is 0.316. The summed E-state index contributed by atoms with van der Waals surface area (Å²) in [6, 6.07) is 14.9. The second-order valence-electron chi connectivity index (χ2n) is 6.65. The van der Waals surface area contributed by atoms with Gasteiger partial charge in [-0.2, -0.15) is 0 Å². The minimum absolute atomic E-state index is 0.0939. The zero-order chi connectivity index (χ0) is 17.0. The number of anilines is 2. The van der Waals surface area contributed by atoms with Gasteiger partial charge in [0.1, 0.15) is 5.75 Å². The number of nitrogen functional groups attached to an aromatic ring is 1. The highest BCUT2D eigenvalue weighted by atomic mass is 16.5. The number of carbonyl (C=O) groups is 1. The summed E-state index contributed by atoms with van der Waals surface area (Å²) in [5.74, 6) is 0.479. The van der Waals surface area contributed by atoms with Gasteiger partial charge in [0.05, 0.1) is 0 Å². The molecule has 0 radical (unpaired) electrons.